The summed E-state index contributed by atoms with van der Waals surface area (Å²) in [6.07, 6.45) is 0.558. The fourth-order valence-electron chi connectivity index (χ4n) is 3.22. The van der Waals surface area contributed by atoms with Gasteiger partial charge in [0.25, 0.3) is 6.29 Å². The zero-order valence-electron chi connectivity index (χ0n) is 12.3. The van der Waals surface area contributed by atoms with Crippen LogP contribution in [-0.4, -0.2) is 23.3 Å². The summed E-state index contributed by atoms with van der Waals surface area (Å²) >= 11 is 0. The Hall–Kier alpha value is -2.60. The number of hydrogen-bond acceptors (Lipinski definition) is 6. The monoisotopic (exact) mass is 314 g/mol. The van der Waals surface area contributed by atoms with Crippen molar-refractivity contribution >= 4 is 11.9 Å². The number of fused-ring (bicyclic) bond motifs is 3. The van der Waals surface area contributed by atoms with Crippen LogP contribution < -0.4 is 0 Å². The first kappa shape index (κ1) is 14.0. The van der Waals surface area contributed by atoms with E-state index in [9.17, 15) is 14.7 Å². The van der Waals surface area contributed by atoms with Gasteiger partial charge in [0.05, 0.1) is 23.9 Å². The van der Waals surface area contributed by atoms with E-state index in [1.165, 1.54) is 12.3 Å². The number of carbonyl (C=O) groups is 2. The van der Waals surface area contributed by atoms with E-state index in [0.717, 1.165) is 11.1 Å². The highest BCUT2D eigenvalue weighted by Crippen LogP contribution is 2.53. The number of aliphatic hydroxyl groups excluding tert-OH is 1. The van der Waals surface area contributed by atoms with Gasteiger partial charge in [0, 0.05) is 11.6 Å². The predicted molar refractivity (Wildman–Crippen MR) is 76.5 cm³/mol. The summed E-state index contributed by atoms with van der Waals surface area (Å²) in [4.78, 5) is 23.4. The van der Waals surface area contributed by atoms with Crippen molar-refractivity contribution in [3.63, 3.8) is 0 Å². The second-order valence-electron chi connectivity index (χ2n) is 5.76. The lowest BCUT2D eigenvalue weighted by atomic mass is 9.95. The molecule has 1 saturated heterocycles. The first-order chi connectivity index (χ1) is 11.1. The highest BCUT2D eigenvalue weighted by atomic mass is 16.7. The first-order valence-corrected chi connectivity index (χ1v) is 7.29. The molecule has 1 N–H and O–H groups in total. The molecule has 0 saturated carbocycles. The molecule has 1 aromatic rings. The quantitative estimate of drug-likeness (QED) is 0.508. The second kappa shape index (κ2) is 4.96. The van der Waals surface area contributed by atoms with Crippen LogP contribution in [0.25, 0.3) is 0 Å². The minimum atomic E-state index is -0.859. The predicted octanol–water partition coefficient (Wildman–Crippen LogP) is 1.68. The number of cyclic esters (lactones) is 1. The molecule has 0 spiro atoms. The number of esters is 2. The van der Waals surface area contributed by atoms with Crippen molar-refractivity contribution in [1.29, 1.82) is 0 Å². The van der Waals surface area contributed by atoms with Crippen molar-refractivity contribution in [2.24, 2.45) is 5.92 Å². The van der Waals surface area contributed by atoms with E-state index in [1.54, 1.807) is 6.92 Å². The van der Waals surface area contributed by atoms with E-state index in [4.69, 9.17) is 14.2 Å². The van der Waals surface area contributed by atoms with Crippen LogP contribution in [0.4, 0.5) is 0 Å². The Morgan fingerprint density at radius 2 is 1.87 bits per heavy atom. The molecule has 1 aliphatic carbocycles. The standard InChI is InChI=1S/C17H14O6/c1-8-6-12(22-16(8)19)21-7-11-13-14(18)9-4-2-3-5-10(9)15(13)23-17(11)20/h2-7,12-15,18H,1H3/b11-7-/t12-,13-,14-,15+/m0/s1. The zero-order valence-corrected chi connectivity index (χ0v) is 12.3. The highest BCUT2D eigenvalue weighted by Gasteiger charge is 2.51. The van der Waals surface area contributed by atoms with Gasteiger partial charge in [0.15, 0.2) is 0 Å². The maximum Gasteiger partial charge on any atom is 0.338 e. The van der Waals surface area contributed by atoms with E-state index < -0.39 is 36.4 Å². The molecular formula is C17H14O6. The molecule has 0 unspecified atom stereocenters. The van der Waals surface area contributed by atoms with Crippen molar-refractivity contribution in [3.05, 3.63) is 58.9 Å². The average Bonchev–Trinajstić information content (AvgIpc) is 3.12. The van der Waals surface area contributed by atoms with Gasteiger partial charge in [-0.15, -0.1) is 0 Å². The maximum absolute atomic E-state index is 12.1. The third kappa shape index (κ3) is 2.06. The Bertz CT molecular complexity index is 762. The van der Waals surface area contributed by atoms with Crippen LogP contribution in [-0.2, 0) is 23.8 Å². The van der Waals surface area contributed by atoms with Gasteiger partial charge in [-0.05, 0) is 18.1 Å². The van der Waals surface area contributed by atoms with Crippen molar-refractivity contribution in [2.45, 2.75) is 25.4 Å². The van der Waals surface area contributed by atoms with E-state index in [1.807, 2.05) is 24.3 Å². The minimum Gasteiger partial charge on any atom is -0.458 e. The summed E-state index contributed by atoms with van der Waals surface area (Å²) in [7, 11) is 0. The van der Waals surface area contributed by atoms with Crippen molar-refractivity contribution < 1.29 is 28.9 Å². The molecule has 0 amide bonds. The first-order valence-electron chi connectivity index (χ1n) is 7.29. The van der Waals surface area contributed by atoms with Crippen LogP contribution in [0.3, 0.4) is 0 Å². The molecule has 2 aliphatic heterocycles. The third-order valence-corrected chi connectivity index (χ3v) is 4.38. The van der Waals surface area contributed by atoms with Crippen LogP contribution in [0, 0.1) is 5.92 Å². The minimum absolute atomic E-state index is 0.243. The summed E-state index contributed by atoms with van der Waals surface area (Å²) in [6.45, 7) is 1.62. The highest BCUT2D eigenvalue weighted by molar-refractivity contribution is 5.92. The fourth-order valence-corrected chi connectivity index (χ4v) is 3.22. The van der Waals surface area contributed by atoms with Crippen molar-refractivity contribution in [3.8, 4) is 0 Å². The van der Waals surface area contributed by atoms with Crippen LogP contribution in [0.5, 0.6) is 0 Å². The molecule has 4 rings (SSSR count). The largest absolute Gasteiger partial charge is 0.458 e. The molecule has 2 heterocycles. The van der Waals surface area contributed by atoms with Gasteiger partial charge in [-0.3, -0.25) is 0 Å². The molecule has 0 bridgehead atoms. The van der Waals surface area contributed by atoms with Gasteiger partial charge in [-0.1, -0.05) is 24.3 Å². The molecule has 0 aromatic heterocycles. The lowest BCUT2D eigenvalue weighted by molar-refractivity contribution is -0.152. The molecule has 3 aliphatic rings. The Balaban J connectivity index is 1.60. The molecule has 4 atom stereocenters. The van der Waals surface area contributed by atoms with Crippen molar-refractivity contribution in [2.75, 3.05) is 0 Å². The van der Waals surface area contributed by atoms with E-state index in [-0.39, 0.29) is 5.57 Å². The summed E-state index contributed by atoms with van der Waals surface area (Å²) in [5, 5.41) is 10.5. The number of ether oxygens (including phenoxy) is 3. The van der Waals surface area contributed by atoms with Gasteiger partial charge in [0.2, 0.25) is 0 Å². The SMILES string of the molecule is CC1=C[C@@H](O/C=C2\C(=O)O[C@@H]3c4ccccc4[C@H](O)[C@H]23)OC1=O. The summed E-state index contributed by atoms with van der Waals surface area (Å²) in [5.74, 6) is -1.49. The second-order valence-corrected chi connectivity index (χ2v) is 5.76. The third-order valence-electron chi connectivity index (χ3n) is 4.38. The van der Waals surface area contributed by atoms with Crippen LogP contribution >= 0.6 is 0 Å². The average molecular weight is 314 g/mol. The maximum atomic E-state index is 12.1. The van der Waals surface area contributed by atoms with E-state index >= 15 is 0 Å². The zero-order chi connectivity index (χ0) is 16.1. The topological polar surface area (TPSA) is 82.1 Å². The lowest BCUT2D eigenvalue weighted by Crippen LogP contribution is -2.14. The number of rotatable bonds is 2. The molecule has 1 aromatic carbocycles. The van der Waals surface area contributed by atoms with Crippen LogP contribution in [0.2, 0.25) is 0 Å². The normalized spacial score (nSPS) is 33.1. The van der Waals surface area contributed by atoms with E-state index in [2.05, 4.69) is 0 Å². The number of hydrogen-bond donors (Lipinski definition) is 1. The smallest absolute Gasteiger partial charge is 0.338 e. The Morgan fingerprint density at radius 1 is 1.13 bits per heavy atom. The Labute approximate surface area is 132 Å². The molecule has 23 heavy (non-hydrogen) atoms. The molecule has 0 radical (unpaired) electrons. The Kier molecular flexibility index (Phi) is 3.02. The molecular weight excluding hydrogens is 300 g/mol. The summed E-state index contributed by atoms with van der Waals surface area (Å²) < 4.78 is 15.7. The molecule has 6 nitrogen and oxygen atoms in total. The molecule has 118 valence electrons. The van der Waals surface area contributed by atoms with Crippen molar-refractivity contribution in [1.82, 2.24) is 0 Å². The molecule has 6 heteroatoms. The van der Waals surface area contributed by atoms with Gasteiger partial charge in [0.1, 0.15) is 6.10 Å². The van der Waals surface area contributed by atoms with Crippen LogP contribution in [0.1, 0.15) is 30.3 Å². The number of benzene rings is 1. The fraction of sp³-hybridized carbons (Fsp3) is 0.294. The molecule has 1 fully saturated rings. The summed E-state index contributed by atoms with van der Waals surface area (Å²) in [6, 6.07) is 7.32. The van der Waals surface area contributed by atoms with E-state index in [0.29, 0.717) is 5.57 Å². The van der Waals surface area contributed by atoms with Gasteiger partial charge in [-0.25, -0.2) is 9.59 Å². The van der Waals surface area contributed by atoms with Gasteiger partial charge >= 0.3 is 11.9 Å². The Morgan fingerprint density at radius 3 is 2.57 bits per heavy atom. The van der Waals surface area contributed by atoms with Gasteiger partial charge < -0.3 is 19.3 Å². The van der Waals surface area contributed by atoms with Crippen LogP contribution in [0.15, 0.2) is 47.7 Å². The number of carbonyl (C=O) groups excluding carboxylic acids is 2. The van der Waals surface area contributed by atoms with Gasteiger partial charge in [-0.2, -0.15) is 0 Å². The lowest BCUT2D eigenvalue weighted by Gasteiger charge is -2.13. The number of aliphatic hydroxyl groups is 1. The summed E-state index contributed by atoms with van der Waals surface area (Å²) in [5.41, 5.74) is 2.26.